The standard InChI is InChI=1S/C5H14NO.2C2H2O4.Fe/c1-6(2,3)4-5-7;2*3-1(4)2(5)6;/h7H,4-5H2,1-3H3;2*(H,3,4)(H,5,6);/q+1;;;+3/p-4. The molecule has 0 saturated heterocycles. The Hall–Kier alpha value is -1.68. The van der Waals surface area contributed by atoms with Crippen LogP contribution in [0.1, 0.15) is 0 Å². The van der Waals surface area contributed by atoms with E-state index < -0.39 is 23.9 Å². The first-order valence-corrected chi connectivity index (χ1v) is 4.61. The van der Waals surface area contributed by atoms with Gasteiger partial charge in [-0.3, -0.25) is 0 Å². The zero-order valence-electron chi connectivity index (χ0n) is 10.9. The van der Waals surface area contributed by atoms with Gasteiger partial charge in [0.15, 0.2) is 0 Å². The van der Waals surface area contributed by atoms with E-state index in [0.717, 1.165) is 11.0 Å². The summed E-state index contributed by atoms with van der Waals surface area (Å²) in [5, 5.41) is 44.1. The maximum Gasteiger partial charge on any atom is 3.00 e. The van der Waals surface area contributed by atoms with Gasteiger partial charge in [0.25, 0.3) is 0 Å². The van der Waals surface area contributed by atoms with Crippen LogP contribution in [0.3, 0.4) is 0 Å². The van der Waals surface area contributed by atoms with Crippen LogP contribution in [0.25, 0.3) is 0 Å². The molecule has 0 aromatic rings. The van der Waals surface area contributed by atoms with Crippen LogP contribution in [-0.4, -0.2) is 67.8 Å². The summed E-state index contributed by atoms with van der Waals surface area (Å²) in [4.78, 5) is 35.7. The molecule has 1 N–H and O–H groups in total. The van der Waals surface area contributed by atoms with Crippen molar-refractivity contribution in [3.8, 4) is 0 Å². The molecule has 20 heavy (non-hydrogen) atoms. The normalized spacial score (nSPS) is 8.60. The van der Waals surface area contributed by atoms with Gasteiger partial charge in [0.05, 0.1) is 51.6 Å². The van der Waals surface area contributed by atoms with E-state index in [2.05, 4.69) is 21.1 Å². The van der Waals surface area contributed by atoms with Gasteiger partial charge in [-0.25, -0.2) is 0 Å². The van der Waals surface area contributed by atoms with Crippen molar-refractivity contribution in [3.63, 3.8) is 0 Å². The van der Waals surface area contributed by atoms with E-state index >= 15 is 0 Å². The quantitative estimate of drug-likeness (QED) is 0.291. The molecule has 0 amide bonds. The van der Waals surface area contributed by atoms with Gasteiger partial charge < -0.3 is 49.2 Å². The van der Waals surface area contributed by atoms with E-state index in [4.69, 9.17) is 44.7 Å². The van der Waals surface area contributed by atoms with Gasteiger partial charge in [-0.1, -0.05) is 0 Å². The number of hydrogen-bond donors (Lipinski definition) is 1. The Bertz CT molecular complexity index is 276. The molecule has 0 heterocycles. The second kappa shape index (κ2) is 13.7. The number of carboxylic acid groups (broad SMARTS) is 4. The zero-order valence-corrected chi connectivity index (χ0v) is 12.0. The third-order valence-electron chi connectivity index (χ3n) is 1.10. The van der Waals surface area contributed by atoms with Crippen molar-refractivity contribution in [2.24, 2.45) is 0 Å². The molecule has 11 heteroatoms. The van der Waals surface area contributed by atoms with Crippen LogP contribution in [0.2, 0.25) is 0 Å². The van der Waals surface area contributed by atoms with Gasteiger partial charge in [-0.15, -0.1) is 0 Å². The Morgan fingerprint density at radius 1 is 0.800 bits per heavy atom. The van der Waals surface area contributed by atoms with Crippen LogP contribution in [-0.2, 0) is 36.2 Å². The van der Waals surface area contributed by atoms with Gasteiger partial charge in [-0.2, -0.15) is 0 Å². The minimum Gasteiger partial charge on any atom is -0.543 e. The summed E-state index contributed by atoms with van der Waals surface area (Å²) >= 11 is 0. The average molecular weight is 336 g/mol. The Kier molecular flexibility index (Phi) is 18.4. The summed E-state index contributed by atoms with van der Waals surface area (Å²) in [6.07, 6.45) is 0. The van der Waals surface area contributed by atoms with Crippen LogP contribution < -0.4 is 20.4 Å². The van der Waals surface area contributed by atoms with Crippen LogP contribution >= 0.6 is 0 Å². The number of quaternary nitrogens is 1. The fourth-order valence-electron chi connectivity index (χ4n) is 0.300. The largest absolute Gasteiger partial charge is 3.00 e. The van der Waals surface area contributed by atoms with Crippen LogP contribution in [0, 0.1) is 0 Å². The first-order valence-electron chi connectivity index (χ1n) is 4.61. The summed E-state index contributed by atoms with van der Waals surface area (Å²) < 4.78 is 0.844. The summed E-state index contributed by atoms with van der Waals surface area (Å²) in [6.45, 7) is 1.11. The molecule has 0 spiro atoms. The van der Waals surface area contributed by atoms with E-state index in [-0.39, 0.29) is 23.7 Å². The Labute approximate surface area is 125 Å². The molecule has 0 rings (SSSR count). The minimum absolute atomic E-state index is 0. The third-order valence-corrected chi connectivity index (χ3v) is 1.10. The maximum absolute atomic E-state index is 8.93. The molecular formula is C9H14FeNO9. The van der Waals surface area contributed by atoms with Crippen LogP contribution in [0.4, 0.5) is 0 Å². The Morgan fingerprint density at radius 2 is 1.00 bits per heavy atom. The van der Waals surface area contributed by atoms with Crippen molar-refractivity contribution < 1.29 is 66.3 Å². The van der Waals surface area contributed by atoms with Gasteiger partial charge in [0.1, 0.15) is 6.54 Å². The molecule has 0 bridgehead atoms. The summed E-state index contributed by atoms with van der Waals surface area (Å²) in [5.41, 5.74) is 0. The molecule has 0 atom stereocenters. The molecule has 0 unspecified atom stereocenters. The predicted molar refractivity (Wildman–Crippen MR) is 50.0 cm³/mol. The van der Waals surface area contributed by atoms with Gasteiger partial charge in [-0.05, 0) is 0 Å². The van der Waals surface area contributed by atoms with Crippen molar-refractivity contribution in [1.29, 1.82) is 0 Å². The van der Waals surface area contributed by atoms with Crippen LogP contribution in [0.5, 0.6) is 0 Å². The number of aliphatic hydroxyl groups excluding tert-OH is 1. The molecule has 0 aromatic carbocycles. The van der Waals surface area contributed by atoms with Crippen molar-refractivity contribution >= 4 is 23.9 Å². The molecule has 117 valence electrons. The number of rotatable bonds is 2. The fraction of sp³-hybridized carbons (Fsp3) is 0.556. The summed E-state index contributed by atoms with van der Waals surface area (Å²) in [6, 6.07) is 0. The third kappa shape index (κ3) is 36.0. The fourth-order valence-corrected chi connectivity index (χ4v) is 0.300. The van der Waals surface area contributed by atoms with E-state index in [1.807, 2.05) is 0 Å². The molecule has 0 aliphatic rings. The number of carboxylic acids is 4. The molecule has 0 aliphatic carbocycles. The first-order chi connectivity index (χ1) is 8.35. The topological polar surface area (TPSA) is 181 Å². The summed E-state index contributed by atoms with van der Waals surface area (Å²) in [7, 11) is 6.16. The molecular weight excluding hydrogens is 322 g/mol. The van der Waals surface area contributed by atoms with E-state index in [1.54, 1.807) is 0 Å². The second-order valence-corrected chi connectivity index (χ2v) is 3.89. The van der Waals surface area contributed by atoms with E-state index in [0.29, 0.717) is 0 Å². The molecule has 0 aliphatic heterocycles. The number of hydrogen-bond acceptors (Lipinski definition) is 9. The number of likely N-dealkylation sites (N-methyl/N-ethyl adjacent to an activating group) is 1. The monoisotopic (exact) mass is 336 g/mol. The minimum atomic E-state index is -2.19. The molecule has 0 aromatic heterocycles. The van der Waals surface area contributed by atoms with Crippen molar-refractivity contribution in [2.45, 2.75) is 0 Å². The van der Waals surface area contributed by atoms with Crippen molar-refractivity contribution in [2.75, 3.05) is 34.3 Å². The average Bonchev–Trinajstić information content (AvgIpc) is 2.16. The van der Waals surface area contributed by atoms with Gasteiger partial charge >= 0.3 is 17.1 Å². The number of aliphatic hydroxyl groups is 1. The number of carbonyl (C=O) groups is 4. The van der Waals surface area contributed by atoms with Crippen molar-refractivity contribution in [1.82, 2.24) is 0 Å². The SMILES string of the molecule is C[N+](C)(C)CCO.O=C([O-])C(=O)[O-].O=C([O-])C(=O)[O-].[Fe+3]. The molecule has 0 fully saturated rings. The number of aliphatic carboxylic acids is 4. The van der Waals surface area contributed by atoms with Crippen molar-refractivity contribution in [3.05, 3.63) is 0 Å². The number of nitrogens with zero attached hydrogens (tertiary/aromatic N) is 1. The molecule has 1 radical (unpaired) electrons. The first kappa shape index (κ1) is 26.8. The summed E-state index contributed by atoms with van der Waals surface area (Å²) in [5.74, 6) is -8.74. The van der Waals surface area contributed by atoms with E-state index in [9.17, 15) is 0 Å². The molecule has 0 saturated carbocycles. The Balaban J connectivity index is -0.0000000941. The van der Waals surface area contributed by atoms with E-state index in [1.165, 1.54) is 0 Å². The number of carbonyl (C=O) groups excluding carboxylic acids is 4. The van der Waals surface area contributed by atoms with Gasteiger partial charge in [0.2, 0.25) is 0 Å². The predicted octanol–water partition coefficient (Wildman–Crippen LogP) is -7.35. The second-order valence-electron chi connectivity index (χ2n) is 3.89. The molecule has 10 nitrogen and oxygen atoms in total. The smallest absolute Gasteiger partial charge is 0.543 e. The maximum atomic E-state index is 8.93. The zero-order chi connectivity index (χ0) is 16.2. The van der Waals surface area contributed by atoms with Gasteiger partial charge in [0, 0.05) is 0 Å². The Morgan fingerprint density at radius 3 is 1.00 bits per heavy atom. The van der Waals surface area contributed by atoms with Crippen LogP contribution in [0.15, 0.2) is 0 Å².